The predicted molar refractivity (Wildman–Crippen MR) is 55.8 cm³/mol. The molecule has 0 amide bonds. The zero-order valence-electron chi connectivity index (χ0n) is 8.92. The quantitative estimate of drug-likeness (QED) is 0.711. The van der Waals surface area contributed by atoms with E-state index in [-0.39, 0.29) is 0 Å². The summed E-state index contributed by atoms with van der Waals surface area (Å²) in [5.41, 5.74) is 0. The van der Waals surface area contributed by atoms with Crippen molar-refractivity contribution in [1.29, 1.82) is 0 Å². The van der Waals surface area contributed by atoms with Crippen molar-refractivity contribution in [2.24, 2.45) is 5.92 Å². The molecule has 1 aliphatic carbocycles. The number of hydrogen-bond acceptors (Lipinski definition) is 2. The van der Waals surface area contributed by atoms with Crippen LogP contribution in [0.3, 0.4) is 0 Å². The van der Waals surface area contributed by atoms with E-state index >= 15 is 0 Å². The molecule has 0 radical (unpaired) electrons. The standard InChI is InChI=1S/C11H22N2/c1-3-11-8-13(7-6-12-11)9(2)10-4-5-10/h9-12H,3-8H2,1-2H3. The molecule has 2 unspecified atom stereocenters. The van der Waals surface area contributed by atoms with Crippen LogP contribution in [-0.4, -0.2) is 36.6 Å². The maximum absolute atomic E-state index is 3.57. The lowest BCUT2D eigenvalue weighted by molar-refractivity contribution is 0.137. The normalized spacial score (nSPS) is 33.2. The van der Waals surface area contributed by atoms with Crippen molar-refractivity contribution in [1.82, 2.24) is 10.2 Å². The van der Waals surface area contributed by atoms with E-state index in [0.29, 0.717) is 0 Å². The summed E-state index contributed by atoms with van der Waals surface area (Å²) in [5, 5.41) is 3.57. The molecule has 1 saturated heterocycles. The number of nitrogens with one attached hydrogen (secondary N) is 1. The zero-order valence-corrected chi connectivity index (χ0v) is 8.92. The van der Waals surface area contributed by atoms with Gasteiger partial charge in [-0.15, -0.1) is 0 Å². The van der Waals surface area contributed by atoms with Crippen molar-refractivity contribution in [2.45, 2.75) is 45.2 Å². The van der Waals surface area contributed by atoms with Gasteiger partial charge < -0.3 is 5.32 Å². The summed E-state index contributed by atoms with van der Waals surface area (Å²) in [7, 11) is 0. The minimum atomic E-state index is 0.745. The van der Waals surface area contributed by atoms with Crippen molar-refractivity contribution >= 4 is 0 Å². The minimum Gasteiger partial charge on any atom is -0.311 e. The van der Waals surface area contributed by atoms with Gasteiger partial charge in [-0.2, -0.15) is 0 Å². The van der Waals surface area contributed by atoms with Gasteiger partial charge in [0.25, 0.3) is 0 Å². The van der Waals surface area contributed by atoms with Gasteiger partial charge in [0, 0.05) is 31.7 Å². The Bertz CT molecular complexity index is 165. The first-order valence-electron chi connectivity index (χ1n) is 5.78. The lowest BCUT2D eigenvalue weighted by Gasteiger charge is -2.37. The molecule has 2 rings (SSSR count). The smallest absolute Gasteiger partial charge is 0.0193 e. The lowest BCUT2D eigenvalue weighted by atomic mass is 10.1. The Morgan fingerprint density at radius 1 is 1.46 bits per heavy atom. The third kappa shape index (κ3) is 2.23. The van der Waals surface area contributed by atoms with Gasteiger partial charge in [-0.3, -0.25) is 4.90 Å². The Hall–Kier alpha value is -0.0800. The summed E-state index contributed by atoms with van der Waals surface area (Å²) in [5.74, 6) is 1.02. The molecular formula is C11H22N2. The average molecular weight is 182 g/mol. The topological polar surface area (TPSA) is 15.3 Å². The van der Waals surface area contributed by atoms with Crippen LogP contribution in [0.25, 0.3) is 0 Å². The number of piperazine rings is 1. The summed E-state index contributed by atoms with van der Waals surface area (Å²) in [6.07, 6.45) is 4.22. The summed E-state index contributed by atoms with van der Waals surface area (Å²) in [6.45, 7) is 8.41. The molecule has 76 valence electrons. The van der Waals surface area contributed by atoms with Crippen molar-refractivity contribution in [3.8, 4) is 0 Å². The van der Waals surface area contributed by atoms with Crippen LogP contribution in [0.2, 0.25) is 0 Å². The van der Waals surface area contributed by atoms with Crippen molar-refractivity contribution < 1.29 is 0 Å². The van der Waals surface area contributed by atoms with Crippen LogP contribution in [0.1, 0.15) is 33.1 Å². The van der Waals surface area contributed by atoms with Crippen LogP contribution < -0.4 is 5.32 Å². The molecule has 2 atom stereocenters. The predicted octanol–water partition coefficient (Wildman–Crippen LogP) is 1.47. The Balaban J connectivity index is 1.83. The number of rotatable bonds is 3. The summed E-state index contributed by atoms with van der Waals surface area (Å²) in [6, 6.07) is 1.59. The first-order chi connectivity index (χ1) is 6.31. The molecule has 0 aromatic carbocycles. The fourth-order valence-corrected chi connectivity index (χ4v) is 2.37. The highest BCUT2D eigenvalue weighted by atomic mass is 15.2. The van der Waals surface area contributed by atoms with Crippen LogP contribution in [-0.2, 0) is 0 Å². The molecule has 1 heterocycles. The molecule has 2 heteroatoms. The van der Waals surface area contributed by atoms with Crippen LogP contribution in [0.15, 0.2) is 0 Å². The second-order valence-electron chi connectivity index (χ2n) is 4.63. The van der Waals surface area contributed by atoms with Gasteiger partial charge >= 0.3 is 0 Å². The summed E-state index contributed by atoms with van der Waals surface area (Å²) < 4.78 is 0. The van der Waals surface area contributed by atoms with Crippen LogP contribution in [0.4, 0.5) is 0 Å². The fourth-order valence-electron chi connectivity index (χ4n) is 2.37. The Morgan fingerprint density at radius 3 is 2.85 bits per heavy atom. The largest absolute Gasteiger partial charge is 0.311 e. The van der Waals surface area contributed by atoms with E-state index < -0.39 is 0 Å². The highest BCUT2D eigenvalue weighted by Gasteiger charge is 2.33. The SMILES string of the molecule is CCC1CN(C(C)C2CC2)CCN1. The molecule has 1 N–H and O–H groups in total. The molecule has 2 nitrogen and oxygen atoms in total. The van der Waals surface area contributed by atoms with E-state index in [1.165, 1.54) is 38.9 Å². The monoisotopic (exact) mass is 182 g/mol. The van der Waals surface area contributed by atoms with Crippen LogP contribution in [0.5, 0.6) is 0 Å². The maximum Gasteiger partial charge on any atom is 0.0193 e. The van der Waals surface area contributed by atoms with Gasteiger partial charge in [0.05, 0.1) is 0 Å². The van der Waals surface area contributed by atoms with Crippen LogP contribution in [0, 0.1) is 5.92 Å². The van der Waals surface area contributed by atoms with Crippen molar-refractivity contribution in [3.63, 3.8) is 0 Å². The van der Waals surface area contributed by atoms with Gasteiger partial charge in [-0.05, 0) is 32.1 Å². The molecule has 0 aromatic heterocycles. The van der Waals surface area contributed by atoms with Crippen molar-refractivity contribution in [3.05, 3.63) is 0 Å². The van der Waals surface area contributed by atoms with E-state index in [1.807, 2.05) is 0 Å². The molecule has 1 saturated carbocycles. The Morgan fingerprint density at radius 2 is 2.23 bits per heavy atom. The summed E-state index contributed by atoms with van der Waals surface area (Å²) >= 11 is 0. The zero-order chi connectivity index (χ0) is 9.26. The second-order valence-corrected chi connectivity index (χ2v) is 4.63. The third-order valence-electron chi connectivity index (χ3n) is 3.66. The van der Waals surface area contributed by atoms with E-state index in [2.05, 4.69) is 24.1 Å². The molecular weight excluding hydrogens is 160 g/mol. The van der Waals surface area contributed by atoms with E-state index in [1.54, 1.807) is 0 Å². The van der Waals surface area contributed by atoms with Gasteiger partial charge in [0.2, 0.25) is 0 Å². The third-order valence-corrected chi connectivity index (χ3v) is 3.66. The van der Waals surface area contributed by atoms with Crippen LogP contribution >= 0.6 is 0 Å². The summed E-state index contributed by atoms with van der Waals surface area (Å²) in [4.78, 5) is 2.68. The first-order valence-corrected chi connectivity index (χ1v) is 5.78. The molecule has 1 aliphatic heterocycles. The second kappa shape index (κ2) is 3.97. The van der Waals surface area contributed by atoms with E-state index in [0.717, 1.165) is 18.0 Å². The molecule has 0 aromatic rings. The first kappa shape index (κ1) is 9.47. The van der Waals surface area contributed by atoms with E-state index in [4.69, 9.17) is 0 Å². The number of nitrogens with zero attached hydrogens (tertiary/aromatic N) is 1. The highest BCUT2D eigenvalue weighted by molar-refractivity contribution is 4.89. The van der Waals surface area contributed by atoms with Crippen molar-refractivity contribution in [2.75, 3.05) is 19.6 Å². The molecule has 0 spiro atoms. The van der Waals surface area contributed by atoms with Gasteiger partial charge in [-0.25, -0.2) is 0 Å². The van der Waals surface area contributed by atoms with E-state index in [9.17, 15) is 0 Å². The lowest BCUT2D eigenvalue weighted by Crippen LogP contribution is -2.53. The number of hydrogen-bond donors (Lipinski definition) is 1. The molecule has 13 heavy (non-hydrogen) atoms. The Kier molecular flexibility index (Phi) is 2.89. The Labute approximate surface area is 81.7 Å². The molecule has 0 bridgehead atoms. The average Bonchev–Trinajstić information content (AvgIpc) is 3.00. The fraction of sp³-hybridized carbons (Fsp3) is 1.00. The molecule has 2 fully saturated rings. The maximum atomic E-state index is 3.57. The minimum absolute atomic E-state index is 0.745. The van der Waals surface area contributed by atoms with Gasteiger partial charge in [0.15, 0.2) is 0 Å². The van der Waals surface area contributed by atoms with Gasteiger partial charge in [0.1, 0.15) is 0 Å². The highest BCUT2D eigenvalue weighted by Crippen LogP contribution is 2.35. The van der Waals surface area contributed by atoms with Gasteiger partial charge in [-0.1, -0.05) is 6.92 Å². The molecule has 2 aliphatic rings.